The second-order valence-electron chi connectivity index (χ2n) is 9.35. The van der Waals surface area contributed by atoms with Crippen molar-refractivity contribution in [3.05, 3.63) is 58.6 Å². The molecule has 2 aromatic carbocycles. The number of aliphatic hydroxyl groups is 1. The maximum absolute atomic E-state index is 13.5. The number of nitrogens with one attached hydrogen (secondary N) is 1. The number of amides is 3. The van der Waals surface area contributed by atoms with Crippen LogP contribution in [0.2, 0.25) is 5.02 Å². The molecule has 0 saturated heterocycles. The number of fused-ring (bicyclic) bond motifs is 1. The monoisotopic (exact) mass is 531 g/mol. The molecule has 0 spiro atoms. The number of anilines is 1. The summed E-state index contributed by atoms with van der Waals surface area (Å²) in [5.74, 6) is -1.66. The molecule has 10 nitrogen and oxygen atoms in total. The van der Waals surface area contributed by atoms with Crippen molar-refractivity contribution in [3.63, 3.8) is 0 Å². The van der Waals surface area contributed by atoms with Crippen LogP contribution in [0.1, 0.15) is 36.7 Å². The van der Waals surface area contributed by atoms with Crippen molar-refractivity contribution in [1.29, 1.82) is 0 Å². The van der Waals surface area contributed by atoms with E-state index >= 15 is 0 Å². The van der Waals surface area contributed by atoms with E-state index in [4.69, 9.17) is 26.2 Å². The number of nitrogens with zero attached hydrogens (tertiary/aromatic N) is 2. The lowest BCUT2D eigenvalue weighted by molar-refractivity contribution is -0.154. The normalized spacial score (nSPS) is 13.5. The van der Waals surface area contributed by atoms with Gasteiger partial charge in [0, 0.05) is 12.2 Å². The van der Waals surface area contributed by atoms with Gasteiger partial charge in [0.1, 0.15) is 31.0 Å². The lowest BCUT2D eigenvalue weighted by Gasteiger charge is -2.23. The summed E-state index contributed by atoms with van der Waals surface area (Å²) in [5.41, 5.74) is 0.678. The highest BCUT2D eigenvalue weighted by Gasteiger charge is 2.31. The van der Waals surface area contributed by atoms with Gasteiger partial charge in [0.05, 0.1) is 23.7 Å². The molecule has 0 radical (unpaired) electrons. The molecule has 1 aliphatic heterocycles. The van der Waals surface area contributed by atoms with Gasteiger partial charge in [0.25, 0.3) is 5.91 Å². The number of benzene rings is 2. The molecule has 2 N–H and O–H groups in total. The van der Waals surface area contributed by atoms with Crippen molar-refractivity contribution >= 4 is 41.0 Å². The van der Waals surface area contributed by atoms with Gasteiger partial charge in [0.15, 0.2) is 0 Å². The van der Waals surface area contributed by atoms with Gasteiger partial charge in [-0.1, -0.05) is 29.8 Å². The second-order valence-corrected chi connectivity index (χ2v) is 9.75. The summed E-state index contributed by atoms with van der Waals surface area (Å²) in [6, 6.07) is 11.5. The number of para-hydroxylation sites is 1. The second kappa shape index (κ2) is 12.1. The van der Waals surface area contributed by atoms with Crippen LogP contribution >= 0.6 is 11.6 Å². The van der Waals surface area contributed by atoms with Gasteiger partial charge in [-0.15, -0.1) is 0 Å². The fraction of sp³-hybridized carbons (Fsp3) is 0.385. The highest BCUT2D eigenvalue weighted by molar-refractivity contribution is 6.34. The first kappa shape index (κ1) is 27.9. The molecule has 0 saturated carbocycles. The fourth-order valence-corrected chi connectivity index (χ4v) is 3.94. The van der Waals surface area contributed by atoms with Gasteiger partial charge in [-0.3, -0.25) is 24.1 Å². The van der Waals surface area contributed by atoms with Gasteiger partial charge in [-0.05, 0) is 50.6 Å². The largest absolute Gasteiger partial charge is 0.491 e. The molecule has 198 valence electrons. The van der Waals surface area contributed by atoms with Crippen molar-refractivity contribution in [3.8, 4) is 5.75 Å². The SMILES string of the molecule is CC(C)(C)OC(=O)CNC(=O)CN1Cc2ccccc2N(C(=O)c2ccc(OCCO)cc2Cl)CC1=O. The molecule has 0 bridgehead atoms. The van der Waals surface area contributed by atoms with Crippen LogP contribution in [-0.2, 0) is 25.7 Å². The Kier molecular flexibility index (Phi) is 9.12. The summed E-state index contributed by atoms with van der Waals surface area (Å²) < 4.78 is 10.5. The van der Waals surface area contributed by atoms with Crippen LogP contribution in [0, 0.1) is 0 Å². The Labute approximate surface area is 220 Å². The van der Waals surface area contributed by atoms with Crippen LogP contribution in [0.4, 0.5) is 5.69 Å². The average molecular weight is 532 g/mol. The molecule has 11 heteroatoms. The molecule has 0 fully saturated rings. The molecule has 0 aliphatic carbocycles. The van der Waals surface area contributed by atoms with Crippen LogP contribution in [0.15, 0.2) is 42.5 Å². The summed E-state index contributed by atoms with van der Waals surface area (Å²) in [6.45, 7) is 4.25. The zero-order chi connectivity index (χ0) is 27.2. The third kappa shape index (κ3) is 7.68. The van der Waals surface area contributed by atoms with E-state index in [1.54, 1.807) is 51.1 Å². The topological polar surface area (TPSA) is 125 Å². The summed E-state index contributed by atoms with van der Waals surface area (Å²) in [4.78, 5) is 53.7. The highest BCUT2D eigenvalue weighted by atomic mass is 35.5. The standard InChI is InChI=1S/C26H30ClN3O7/c1-26(2,3)37-24(34)13-28-22(32)15-29-14-17-6-4-5-7-21(17)30(16-23(29)33)25(35)19-9-8-18(12-20(19)27)36-11-10-31/h4-9,12,31H,10-11,13-16H2,1-3H3,(H,28,32). The first-order valence-corrected chi connectivity index (χ1v) is 12.1. The summed E-state index contributed by atoms with van der Waals surface area (Å²) in [5, 5.41) is 11.5. The summed E-state index contributed by atoms with van der Waals surface area (Å²) in [7, 11) is 0. The quantitative estimate of drug-likeness (QED) is 0.500. The summed E-state index contributed by atoms with van der Waals surface area (Å²) in [6.07, 6.45) is 0. The minimum absolute atomic E-state index is 0.0822. The predicted molar refractivity (Wildman–Crippen MR) is 136 cm³/mol. The fourth-order valence-electron chi connectivity index (χ4n) is 3.69. The van der Waals surface area contributed by atoms with E-state index in [1.165, 1.54) is 21.9 Å². The van der Waals surface area contributed by atoms with Crippen molar-refractivity contribution in [2.75, 3.05) is 37.7 Å². The number of rotatable bonds is 8. The van der Waals surface area contributed by atoms with E-state index in [-0.39, 0.29) is 50.0 Å². The van der Waals surface area contributed by atoms with E-state index in [0.717, 1.165) is 0 Å². The molecule has 0 atom stereocenters. The Bertz CT molecular complexity index is 1180. The summed E-state index contributed by atoms with van der Waals surface area (Å²) >= 11 is 6.35. The van der Waals surface area contributed by atoms with Crippen LogP contribution in [0.3, 0.4) is 0 Å². The van der Waals surface area contributed by atoms with E-state index in [2.05, 4.69) is 5.32 Å². The third-order valence-corrected chi connectivity index (χ3v) is 5.56. The molecule has 1 heterocycles. The number of hydrogen-bond acceptors (Lipinski definition) is 7. The van der Waals surface area contributed by atoms with Crippen molar-refractivity contribution in [2.24, 2.45) is 0 Å². The molecule has 1 aliphatic rings. The zero-order valence-electron chi connectivity index (χ0n) is 21.0. The molecule has 0 unspecified atom stereocenters. The maximum Gasteiger partial charge on any atom is 0.325 e. The molecule has 0 aromatic heterocycles. The third-order valence-electron chi connectivity index (χ3n) is 5.25. The van der Waals surface area contributed by atoms with Crippen molar-refractivity contribution in [2.45, 2.75) is 32.9 Å². The van der Waals surface area contributed by atoms with Crippen molar-refractivity contribution < 1.29 is 33.8 Å². The minimum atomic E-state index is -0.683. The Morgan fingerprint density at radius 3 is 2.51 bits per heavy atom. The van der Waals surface area contributed by atoms with Gasteiger partial charge in [-0.25, -0.2) is 0 Å². The first-order valence-electron chi connectivity index (χ1n) is 11.7. The average Bonchev–Trinajstić information content (AvgIpc) is 2.96. The number of halogens is 1. The van der Waals surface area contributed by atoms with Gasteiger partial charge in [0.2, 0.25) is 11.8 Å². The van der Waals surface area contributed by atoms with Crippen LogP contribution in [0.5, 0.6) is 5.75 Å². The lowest BCUT2D eigenvalue weighted by Crippen LogP contribution is -2.45. The number of carbonyl (C=O) groups is 4. The molecule has 37 heavy (non-hydrogen) atoms. The number of aliphatic hydroxyl groups excluding tert-OH is 1. The molecule has 3 amide bonds. The Morgan fingerprint density at radius 2 is 1.84 bits per heavy atom. The molecular formula is C26H30ClN3O7. The van der Waals surface area contributed by atoms with E-state index in [9.17, 15) is 19.2 Å². The van der Waals surface area contributed by atoms with Gasteiger partial charge < -0.3 is 24.8 Å². The number of hydrogen-bond donors (Lipinski definition) is 2. The van der Waals surface area contributed by atoms with Crippen LogP contribution in [-0.4, -0.2) is 72.1 Å². The van der Waals surface area contributed by atoms with E-state index < -0.39 is 29.3 Å². The molecule has 2 aromatic rings. The molecule has 3 rings (SSSR count). The zero-order valence-corrected chi connectivity index (χ0v) is 21.7. The van der Waals surface area contributed by atoms with E-state index in [1.807, 2.05) is 0 Å². The molecular weight excluding hydrogens is 502 g/mol. The number of esters is 1. The Balaban J connectivity index is 1.75. The van der Waals surface area contributed by atoms with Gasteiger partial charge >= 0.3 is 5.97 Å². The Hall–Kier alpha value is -3.63. The number of ether oxygens (including phenoxy) is 2. The van der Waals surface area contributed by atoms with E-state index in [0.29, 0.717) is 17.0 Å². The lowest BCUT2D eigenvalue weighted by atomic mass is 10.1. The highest BCUT2D eigenvalue weighted by Crippen LogP contribution is 2.30. The van der Waals surface area contributed by atoms with Crippen molar-refractivity contribution in [1.82, 2.24) is 10.2 Å². The van der Waals surface area contributed by atoms with Gasteiger partial charge in [-0.2, -0.15) is 0 Å². The van der Waals surface area contributed by atoms with Crippen LogP contribution < -0.4 is 15.0 Å². The maximum atomic E-state index is 13.5. The first-order chi connectivity index (χ1) is 17.5. The smallest absolute Gasteiger partial charge is 0.325 e. The minimum Gasteiger partial charge on any atom is -0.491 e. The predicted octanol–water partition coefficient (Wildman–Crippen LogP) is 2.16. The number of carbonyl (C=O) groups excluding carboxylic acids is 4. The Morgan fingerprint density at radius 1 is 1.11 bits per heavy atom. The van der Waals surface area contributed by atoms with Crippen LogP contribution in [0.25, 0.3) is 0 Å².